The van der Waals surface area contributed by atoms with Crippen LogP contribution < -0.4 is 16.4 Å². The van der Waals surface area contributed by atoms with Gasteiger partial charge in [-0.15, -0.1) is 11.8 Å². The van der Waals surface area contributed by atoms with Crippen molar-refractivity contribution in [3.8, 4) is 11.3 Å². The van der Waals surface area contributed by atoms with Crippen molar-refractivity contribution in [2.75, 3.05) is 36.7 Å². The van der Waals surface area contributed by atoms with E-state index in [1.54, 1.807) is 6.20 Å². The number of nitrogens with two attached hydrogens (primary N) is 2. The van der Waals surface area contributed by atoms with E-state index >= 15 is 0 Å². The SMILES string of the molecule is CSc1c(N)nc(N)nc1-c1ccc(N(C)C)nc1. The molecule has 2 heterocycles. The van der Waals surface area contributed by atoms with Crippen LogP contribution in [0.5, 0.6) is 0 Å². The van der Waals surface area contributed by atoms with Crippen LogP contribution in [0.4, 0.5) is 17.6 Å². The van der Waals surface area contributed by atoms with Crippen LogP contribution in [-0.2, 0) is 0 Å². The molecule has 0 unspecified atom stereocenters. The molecule has 0 saturated carbocycles. The zero-order valence-electron chi connectivity index (χ0n) is 11.1. The number of hydrogen-bond donors (Lipinski definition) is 2. The van der Waals surface area contributed by atoms with E-state index < -0.39 is 0 Å². The molecule has 2 rings (SSSR count). The highest BCUT2D eigenvalue weighted by atomic mass is 32.2. The van der Waals surface area contributed by atoms with Gasteiger partial charge in [0.05, 0.1) is 10.6 Å². The van der Waals surface area contributed by atoms with Crippen molar-refractivity contribution in [3.05, 3.63) is 18.3 Å². The molecule has 0 aliphatic rings. The third kappa shape index (κ3) is 2.70. The molecule has 2 aromatic heterocycles. The summed E-state index contributed by atoms with van der Waals surface area (Å²) in [6.45, 7) is 0. The summed E-state index contributed by atoms with van der Waals surface area (Å²) in [7, 11) is 3.88. The van der Waals surface area contributed by atoms with Crippen LogP contribution >= 0.6 is 11.8 Å². The lowest BCUT2D eigenvalue weighted by molar-refractivity contribution is 1.06. The summed E-state index contributed by atoms with van der Waals surface area (Å²) in [5.41, 5.74) is 13.1. The second-order valence-corrected chi connectivity index (χ2v) is 4.96. The maximum atomic E-state index is 5.87. The summed E-state index contributed by atoms with van der Waals surface area (Å²) in [4.78, 5) is 15.3. The minimum absolute atomic E-state index is 0.169. The predicted molar refractivity (Wildman–Crippen MR) is 80.2 cm³/mol. The van der Waals surface area contributed by atoms with E-state index in [9.17, 15) is 0 Å². The summed E-state index contributed by atoms with van der Waals surface area (Å²) in [5, 5.41) is 0. The molecule has 0 spiro atoms. The Hall–Kier alpha value is -2.02. The van der Waals surface area contributed by atoms with Gasteiger partial charge in [0.1, 0.15) is 11.6 Å². The zero-order valence-corrected chi connectivity index (χ0v) is 11.9. The second kappa shape index (κ2) is 5.31. The van der Waals surface area contributed by atoms with Crippen LogP contribution in [0.3, 0.4) is 0 Å². The molecule has 6 nitrogen and oxygen atoms in total. The molecule has 4 N–H and O–H groups in total. The van der Waals surface area contributed by atoms with Gasteiger partial charge in [0.2, 0.25) is 5.95 Å². The van der Waals surface area contributed by atoms with Crippen LogP contribution in [0.1, 0.15) is 0 Å². The average molecular weight is 276 g/mol. The predicted octanol–water partition coefficient (Wildman–Crippen LogP) is 1.49. The number of hydrogen-bond acceptors (Lipinski definition) is 7. The molecule has 0 aliphatic heterocycles. The van der Waals surface area contributed by atoms with Gasteiger partial charge in [-0.1, -0.05) is 0 Å². The maximum Gasteiger partial charge on any atom is 0.222 e. The monoisotopic (exact) mass is 276 g/mol. The van der Waals surface area contributed by atoms with Gasteiger partial charge < -0.3 is 16.4 Å². The first-order chi connectivity index (χ1) is 9.02. The van der Waals surface area contributed by atoms with Crippen LogP contribution in [0.15, 0.2) is 23.2 Å². The number of nitrogen functional groups attached to an aromatic ring is 2. The molecule has 0 atom stereocenters. The molecule has 100 valence electrons. The smallest absolute Gasteiger partial charge is 0.222 e. The Morgan fingerprint density at radius 2 is 1.89 bits per heavy atom. The van der Waals surface area contributed by atoms with E-state index in [1.807, 2.05) is 37.4 Å². The number of rotatable bonds is 3. The molecule has 0 radical (unpaired) electrons. The highest BCUT2D eigenvalue weighted by molar-refractivity contribution is 7.98. The summed E-state index contributed by atoms with van der Waals surface area (Å²) < 4.78 is 0. The van der Waals surface area contributed by atoms with Crippen molar-refractivity contribution < 1.29 is 0 Å². The fraction of sp³-hybridized carbons (Fsp3) is 0.250. The van der Waals surface area contributed by atoms with Gasteiger partial charge in [0.15, 0.2) is 0 Å². The van der Waals surface area contributed by atoms with Crippen molar-refractivity contribution in [3.63, 3.8) is 0 Å². The van der Waals surface area contributed by atoms with Crippen LogP contribution in [0.2, 0.25) is 0 Å². The molecule has 0 amide bonds. The number of pyridine rings is 1. The fourth-order valence-corrected chi connectivity index (χ4v) is 2.29. The zero-order chi connectivity index (χ0) is 14.0. The minimum atomic E-state index is 0.169. The molecule has 0 aromatic carbocycles. The molecule has 0 aliphatic carbocycles. The average Bonchev–Trinajstić information content (AvgIpc) is 2.38. The van der Waals surface area contributed by atoms with Gasteiger partial charge in [-0.25, -0.2) is 9.97 Å². The molecule has 19 heavy (non-hydrogen) atoms. The summed E-state index contributed by atoms with van der Waals surface area (Å²) >= 11 is 1.49. The molecule has 2 aromatic rings. The Kier molecular flexibility index (Phi) is 3.75. The topological polar surface area (TPSA) is 93.9 Å². The van der Waals surface area contributed by atoms with E-state index in [4.69, 9.17) is 11.5 Å². The lowest BCUT2D eigenvalue weighted by Gasteiger charge is -2.13. The molecule has 7 heteroatoms. The third-order valence-electron chi connectivity index (χ3n) is 2.59. The van der Waals surface area contributed by atoms with Gasteiger partial charge >= 0.3 is 0 Å². The standard InChI is InChI=1S/C12H16N6S/c1-18(2)8-5-4-7(6-15-8)9-10(19-3)11(13)17-12(14)16-9/h4-6H,1-3H3,(H4,13,14,16,17). The van der Waals surface area contributed by atoms with Gasteiger partial charge in [-0.2, -0.15) is 4.98 Å². The van der Waals surface area contributed by atoms with Crippen LogP contribution in [0.25, 0.3) is 11.3 Å². The van der Waals surface area contributed by atoms with Crippen LogP contribution in [0, 0.1) is 0 Å². The van der Waals surface area contributed by atoms with Crippen molar-refractivity contribution in [2.45, 2.75) is 4.90 Å². The second-order valence-electron chi connectivity index (χ2n) is 4.15. The Bertz CT molecular complexity index is 582. The Balaban J connectivity index is 2.52. The first kappa shape index (κ1) is 13.4. The first-order valence-electron chi connectivity index (χ1n) is 5.63. The van der Waals surface area contributed by atoms with E-state index in [1.165, 1.54) is 11.8 Å². The Morgan fingerprint density at radius 3 is 2.42 bits per heavy atom. The van der Waals surface area contributed by atoms with E-state index in [0.717, 1.165) is 22.0 Å². The maximum absolute atomic E-state index is 5.87. The summed E-state index contributed by atoms with van der Waals surface area (Å²) in [6, 6.07) is 3.87. The van der Waals surface area contributed by atoms with Gasteiger partial charge in [-0.3, -0.25) is 0 Å². The van der Waals surface area contributed by atoms with Crippen molar-refractivity contribution in [1.82, 2.24) is 15.0 Å². The number of aromatic nitrogens is 3. The summed E-state index contributed by atoms with van der Waals surface area (Å²) in [5.74, 6) is 1.44. The Morgan fingerprint density at radius 1 is 1.16 bits per heavy atom. The lowest BCUT2D eigenvalue weighted by atomic mass is 10.2. The van der Waals surface area contributed by atoms with E-state index in [2.05, 4.69) is 15.0 Å². The largest absolute Gasteiger partial charge is 0.383 e. The molecular formula is C12H16N6S. The van der Waals surface area contributed by atoms with Crippen molar-refractivity contribution in [2.24, 2.45) is 0 Å². The normalized spacial score (nSPS) is 10.5. The van der Waals surface area contributed by atoms with Gasteiger partial charge in [0.25, 0.3) is 0 Å². The molecule has 0 fully saturated rings. The molecular weight excluding hydrogens is 260 g/mol. The fourth-order valence-electron chi connectivity index (χ4n) is 1.67. The van der Waals surface area contributed by atoms with Crippen LogP contribution in [-0.4, -0.2) is 35.3 Å². The number of nitrogens with zero attached hydrogens (tertiary/aromatic N) is 4. The quantitative estimate of drug-likeness (QED) is 0.820. The highest BCUT2D eigenvalue weighted by Gasteiger charge is 2.13. The van der Waals surface area contributed by atoms with E-state index in [-0.39, 0.29) is 5.95 Å². The van der Waals surface area contributed by atoms with Gasteiger partial charge in [0, 0.05) is 25.9 Å². The van der Waals surface area contributed by atoms with Crippen molar-refractivity contribution >= 4 is 29.3 Å². The molecule has 0 saturated heterocycles. The van der Waals surface area contributed by atoms with Crippen molar-refractivity contribution in [1.29, 1.82) is 0 Å². The van der Waals surface area contributed by atoms with E-state index in [0.29, 0.717) is 5.82 Å². The number of anilines is 3. The third-order valence-corrected chi connectivity index (χ3v) is 3.40. The Labute approximate surface area is 116 Å². The number of thioether (sulfide) groups is 1. The minimum Gasteiger partial charge on any atom is -0.383 e. The highest BCUT2D eigenvalue weighted by Crippen LogP contribution is 2.32. The first-order valence-corrected chi connectivity index (χ1v) is 6.86. The van der Waals surface area contributed by atoms with Gasteiger partial charge in [-0.05, 0) is 18.4 Å². The molecule has 0 bridgehead atoms. The summed E-state index contributed by atoms with van der Waals surface area (Å²) in [6.07, 6.45) is 3.69. The lowest BCUT2D eigenvalue weighted by Crippen LogP contribution is -2.10.